The van der Waals surface area contributed by atoms with Crippen molar-refractivity contribution in [3.8, 4) is 0 Å². The Labute approximate surface area is 127 Å². The van der Waals surface area contributed by atoms with E-state index >= 15 is 0 Å². The third-order valence-corrected chi connectivity index (χ3v) is 4.75. The van der Waals surface area contributed by atoms with Crippen LogP contribution in [0.25, 0.3) is 0 Å². The molecule has 120 valence electrons. The zero-order valence-corrected chi connectivity index (χ0v) is 13.2. The van der Waals surface area contributed by atoms with Crippen LogP contribution in [0.3, 0.4) is 0 Å². The summed E-state index contributed by atoms with van der Waals surface area (Å²) in [6, 6.07) is 0. The fraction of sp³-hybridized carbons (Fsp3) is 0.875. The average Bonchev–Trinajstić information content (AvgIpc) is 3.34. The largest absolute Gasteiger partial charge is 0.392 e. The van der Waals surface area contributed by atoms with Gasteiger partial charge in [0.2, 0.25) is 11.8 Å². The van der Waals surface area contributed by atoms with E-state index in [0.717, 1.165) is 19.4 Å². The zero-order valence-electron chi connectivity index (χ0n) is 13.2. The van der Waals surface area contributed by atoms with Crippen molar-refractivity contribution in [2.75, 3.05) is 19.6 Å². The van der Waals surface area contributed by atoms with Crippen LogP contribution in [0.1, 0.15) is 46.0 Å². The van der Waals surface area contributed by atoms with Crippen molar-refractivity contribution in [1.29, 1.82) is 0 Å². The lowest BCUT2D eigenvalue weighted by Gasteiger charge is -2.34. The first-order chi connectivity index (χ1) is 10.0. The van der Waals surface area contributed by atoms with Crippen molar-refractivity contribution in [1.82, 2.24) is 10.2 Å². The van der Waals surface area contributed by atoms with Crippen LogP contribution < -0.4 is 5.32 Å². The molecule has 2 N–H and O–H groups in total. The lowest BCUT2D eigenvalue weighted by Crippen LogP contribution is -2.48. The third kappa shape index (κ3) is 4.43. The number of likely N-dealkylation sites (tertiary alicyclic amines) is 1. The van der Waals surface area contributed by atoms with E-state index in [0.29, 0.717) is 25.4 Å². The first-order valence-corrected chi connectivity index (χ1v) is 8.27. The van der Waals surface area contributed by atoms with Gasteiger partial charge in [0.05, 0.1) is 17.9 Å². The number of carbonyl (C=O) groups excluding carboxylic acids is 2. The van der Waals surface area contributed by atoms with Crippen LogP contribution in [0.5, 0.6) is 0 Å². The zero-order chi connectivity index (χ0) is 15.4. The molecule has 1 saturated heterocycles. The van der Waals surface area contributed by atoms with E-state index in [2.05, 4.69) is 5.32 Å². The van der Waals surface area contributed by atoms with Gasteiger partial charge in [0.25, 0.3) is 0 Å². The molecule has 0 aromatic carbocycles. The summed E-state index contributed by atoms with van der Waals surface area (Å²) in [5.74, 6) is 0.262. The highest BCUT2D eigenvalue weighted by atomic mass is 16.3. The Hall–Kier alpha value is -1.10. The second-order valence-electron chi connectivity index (χ2n) is 6.58. The Morgan fingerprint density at radius 3 is 2.67 bits per heavy atom. The summed E-state index contributed by atoms with van der Waals surface area (Å²) in [5.41, 5.74) is 0. The second-order valence-corrected chi connectivity index (χ2v) is 6.58. The standard InChI is InChI=1S/C16H28N2O3/c1-3-14(19)11(2)16(21)18-8-4-5-13(10-18)15(20)17-9-12-6-7-12/h11-14,19H,3-10H2,1-2H3,(H,17,20). The molecule has 3 atom stereocenters. The van der Waals surface area contributed by atoms with Crippen LogP contribution >= 0.6 is 0 Å². The molecule has 0 spiro atoms. The number of aliphatic hydroxyl groups is 1. The van der Waals surface area contributed by atoms with Crippen molar-refractivity contribution in [3.05, 3.63) is 0 Å². The number of hydrogen-bond donors (Lipinski definition) is 2. The molecule has 0 bridgehead atoms. The number of amides is 2. The summed E-state index contributed by atoms with van der Waals surface area (Å²) in [4.78, 5) is 26.3. The van der Waals surface area contributed by atoms with Crippen molar-refractivity contribution in [2.24, 2.45) is 17.8 Å². The SMILES string of the molecule is CCC(O)C(C)C(=O)N1CCCC(C(=O)NCC2CC2)C1. The Balaban J connectivity index is 1.84. The minimum absolute atomic E-state index is 0.0240. The molecule has 1 saturated carbocycles. The highest BCUT2D eigenvalue weighted by molar-refractivity contribution is 5.82. The summed E-state index contributed by atoms with van der Waals surface area (Å²) >= 11 is 0. The van der Waals surface area contributed by atoms with Gasteiger partial charge in [0.15, 0.2) is 0 Å². The van der Waals surface area contributed by atoms with Gasteiger partial charge in [-0.05, 0) is 38.0 Å². The number of hydrogen-bond acceptors (Lipinski definition) is 3. The molecule has 1 heterocycles. The van der Waals surface area contributed by atoms with Gasteiger partial charge >= 0.3 is 0 Å². The third-order valence-electron chi connectivity index (χ3n) is 4.75. The van der Waals surface area contributed by atoms with Crippen molar-refractivity contribution < 1.29 is 14.7 Å². The van der Waals surface area contributed by atoms with Gasteiger partial charge in [0.1, 0.15) is 0 Å². The molecule has 0 aromatic rings. The topological polar surface area (TPSA) is 69.6 Å². The van der Waals surface area contributed by atoms with E-state index in [4.69, 9.17) is 0 Å². The van der Waals surface area contributed by atoms with Crippen molar-refractivity contribution in [2.45, 2.75) is 52.1 Å². The normalized spacial score (nSPS) is 25.3. The number of rotatable bonds is 6. The molecule has 5 nitrogen and oxygen atoms in total. The maximum absolute atomic E-state index is 12.4. The van der Waals surface area contributed by atoms with Gasteiger partial charge < -0.3 is 15.3 Å². The number of nitrogens with one attached hydrogen (secondary N) is 1. The summed E-state index contributed by atoms with van der Waals surface area (Å²) in [7, 11) is 0. The van der Waals surface area contributed by atoms with E-state index in [1.807, 2.05) is 6.92 Å². The lowest BCUT2D eigenvalue weighted by molar-refractivity contribution is -0.142. The van der Waals surface area contributed by atoms with Crippen LogP contribution in [0, 0.1) is 17.8 Å². The van der Waals surface area contributed by atoms with Crippen LogP contribution in [0.4, 0.5) is 0 Å². The van der Waals surface area contributed by atoms with Gasteiger partial charge in [-0.25, -0.2) is 0 Å². The summed E-state index contributed by atoms with van der Waals surface area (Å²) < 4.78 is 0. The minimum Gasteiger partial charge on any atom is -0.392 e. The highest BCUT2D eigenvalue weighted by Crippen LogP contribution is 2.28. The van der Waals surface area contributed by atoms with Crippen molar-refractivity contribution in [3.63, 3.8) is 0 Å². The maximum Gasteiger partial charge on any atom is 0.228 e. The molecular weight excluding hydrogens is 268 g/mol. The molecule has 1 aliphatic heterocycles. The van der Waals surface area contributed by atoms with E-state index in [1.165, 1.54) is 12.8 Å². The van der Waals surface area contributed by atoms with E-state index in [1.54, 1.807) is 11.8 Å². The molecule has 2 rings (SSSR count). The Morgan fingerprint density at radius 2 is 2.05 bits per heavy atom. The quantitative estimate of drug-likeness (QED) is 0.773. The van der Waals surface area contributed by atoms with E-state index < -0.39 is 6.10 Å². The predicted octanol–water partition coefficient (Wildman–Crippen LogP) is 1.16. The summed E-state index contributed by atoms with van der Waals surface area (Å²) in [6.45, 7) is 5.63. The van der Waals surface area contributed by atoms with E-state index in [9.17, 15) is 14.7 Å². The smallest absolute Gasteiger partial charge is 0.228 e. The summed E-state index contributed by atoms with van der Waals surface area (Å²) in [5, 5.41) is 12.8. The highest BCUT2D eigenvalue weighted by Gasteiger charge is 2.32. The van der Waals surface area contributed by atoms with Gasteiger partial charge in [-0.15, -0.1) is 0 Å². The molecule has 0 aromatic heterocycles. The Morgan fingerprint density at radius 1 is 1.33 bits per heavy atom. The monoisotopic (exact) mass is 296 g/mol. The van der Waals surface area contributed by atoms with Crippen LogP contribution in [0.15, 0.2) is 0 Å². The van der Waals surface area contributed by atoms with Gasteiger partial charge in [-0.2, -0.15) is 0 Å². The van der Waals surface area contributed by atoms with Gasteiger partial charge in [0, 0.05) is 19.6 Å². The molecule has 1 aliphatic carbocycles. The first kappa shape index (κ1) is 16.3. The predicted molar refractivity (Wildman–Crippen MR) is 80.5 cm³/mol. The lowest BCUT2D eigenvalue weighted by atomic mass is 9.94. The molecule has 2 aliphatic rings. The molecule has 21 heavy (non-hydrogen) atoms. The second kappa shape index (κ2) is 7.25. The van der Waals surface area contributed by atoms with E-state index in [-0.39, 0.29) is 23.7 Å². The van der Waals surface area contributed by atoms with Crippen molar-refractivity contribution >= 4 is 11.8 Å². The maximum atomic E-state index is 12.4. The molecule has 5 heteroatoms. The fourth-order valence-corrected chi connectivity index (χ4v) is 2.91. The Bertz CT molecular complexity index is 382. The average molecular weight is 296 g/mol. The number of carbonyl (C=O) groups is 2. The first-order valence-electron chi connectivity index (χ1n) is 8.27. The van der Waals surface area contributed by atoms with Gasteiger partial charge in [-0.3, -0.25) is 9.59 Å². The Kier molecular flexibility index (Phi) is 5.62. The molecule has 2 amide bonds. The molecular formula is C16H28N2O3. The molecule has 3 unspecified atom stereocenters. The van der Waals surface area contributed by atoms with Crippen LogP contribution in [-0.4, -0.2) is 47.6 Å². The molecule has 0 radical (unpaired) electrons. The minimum atomic E-state index is -0.596. The van der Waals surface area contributed by atoms with Crippen LogP contribution in [-0.2, 0) is 9.59 Å². The van der Waals surface area contributed by atoms with Crippen LogP contribution in [0.2, 0.25) is 0 Å². The molecule has 2 fully saturated rings. The number of aliphatic hydroxyl groups excluding tert-OH is 1. The van der Waals surface area contributed by atoms with Gasteiger partial charge in [-0.1, -0.05) is 13.8 Å². The summed E-state index contributed by atoms with van der Waals surface area (Å²) in [6.07, 6.45) is 4.14. The fourth-order valence-electron chi connectivity index (χ4n) is 2.91. The number of nitrogens with zero attached hydrogens (tertiary/aromatic N) is 1. The number of piperidine rings is 1.